The van der Waals surface area contributed by atoms with Crippen molar-refractivity contribution in [1.29, 1.82) is 0 Å². The van der Waals surface area contributed by atoms with E-state index in [2.05, 4.69) is 40.1 Å². The summed E-state index contributed by atoms with van der Waals surface area (Å²) in [7, 11) is 0. The van der Waals surface area contributed by atoms with Crippen molar-refractivity contribution >= 4 is 5.82 Å². The molecule has 1 atom stereocenters. The van der Waals surface area contributed by atoms with Gasteiger partial charge >= 0.3 is 0 Å². The Morgan fingerprint density at radius 2 is 2.20 bits per heavy atom. The van der Waals surface area contributed by atoms with Gasteiger partial charge in [0.1, 0.15) is 11.6 Å². The predicted octanol–water partition coefficient (Wildman–Crippen LogP) is 2.49. The van der Waals surface area contributed by atoms with Gasteiger partial charge in [-0.15, -0.1) is 0 Å². The van der Waals surface area contributed by atoms with E-state index in [1.165, 1.54) is 25.0 Å². The Morgan fingerprint density at radius 1 is 1.35 bits per heavy atom. The average molecular weight is 274 g/mol. The minimum Gasteiger partial charge on any atom is -0.356 e. The maximum atomic E-state index is 4.69. The monoisotopic (exact) mass is 274 g/mol. The summed E-state index contributed by atoms with van der Waals surface area (Å²) in [6.45, 7) is 11.1. The third-order valence-electron chi connectivity index (χ3n) is 4.55. The maximum Gasteiger partial charge on any atom is 0.132 e. The highest BCUT2D eigenvalue weighted by atomic mass is 15.2. The Kier molecular flexibility index (Phi) is 3.67. The van der Waals surface area contributed by atoms with E-state index in [1.807, 2.05) is 6.92 Å². The molecule has 3 heterocycles. The van der Waals surface area contributed by atoms with E-state index in [1.54, 1.807) is 0 Å². The summed E-state index contributed by atoms with van der Waals surface area (Å²) in [5, 5.41) is 3.43. The van der Waals surface area contributed by atoms with Gasteiger partial charge in [-0.1, -0.05) is 13.8 Å². The molecule has 0 aromatic carbocycles. The quantitative estimate of drug-likeness (QED) is 0.899. The Balaban J connectivity index is 1.85. The van der Waals surface area contributed by atoms with Gasteiger partial charge in [0, 0.05) is 31.6 Å². The van der Waals surface area contributed by atoms with Gasteiger partial charge < -0.3 is 10.2 Å². The number of anilines is 1. The SMILES string of the molecule is Cc1nc([C@H]2CCNC2)cc(N2CCCC(C)(C)C2)n1. The van der Waals surface area contributed by atoms with Crippen LogP contribution in [0.15, 0.2) is 6.07 Å². The molecule has 0 spiro atoms. The summed E-state index contributed by atoms with van der Waals surface area (Å²) in [6.07, 6.45) is 3.77. The van der Waals surface area contributed by atoms with E-state index in [-0.39, 0.29) is 0 Å². The van der Waals surface area contributed by atoms with E-state index in [4.69, 9.17) is 0 Å². The number of rotatable bonds is 2. The topological polar surface area (TPSA) is 41.1 Å². The largest absolute Gasteiger partial charge is 0.356 e. The molecule has 3 rings (SSSR count). The second-order valence-corrected chi connectivity index (χ2v) is 7.08. The van der Waals surface area contributed by atoms with Crippen molar-refractivity contribution in [2.24, 2.45) is 5.41 Å². The lowest BCUT2D eigenvalue weighted by atomic mass is 9.84. The molecule has 0 bridgehead atoms. The smallest absolute Gasteiger partial charge is 0.132 e. The van der Waals surface area contributed by atoms with Crippen LogP contribution in [0.25, 0.3) is 0 Å². The lowest BCUT2D eigenvalue weighted by molar-refractivity contribution is 0.292. The zero-order chi connectivity index (χ0) is 14.2. The summed E-state index contributed by atoms with van der Waals surface area (Å²) in [6, 6.07) is 2.23. The molecule has 2 fully saturated rings. The Labute approximate surface area is 122 Å². The van der Waals surface area contributed by atoms with Gasteiger partial charge in [-0.3, -0.25) is 0 Å². The van der Waals surface area contributed by atoms with Crippen LogP contribution < -0.4 is 10.2 Å². The molecule has 0 radical (unpaired) electrons. The van der Waals surface area contributed by atoms with E-state index in [0.717, 1.165) is 37.8 Å². The van der Waals surface area contributed by atoms with Crippen molar-refractivity contribution in [2.75, 3.05) is 31.1 Å². The van der Waals surface area contributed by atoms with Crippen molar-refractivity contribution in [1.82, 2.24) is 15.3 Å². The van der Waals surface area contributed by atoms with Crippen LogP contribution in [0.1, 0.15) is 50.5 Å². The van der Waals surface area contributed by atoms with Gasteiger partial charge in [0.2, 0.25) is 0 Å². The summed E-state index contributed by atoms with van der Waals surface area (Å²) in [4.78, 5) is 11.8. The second-order valence-electron chi connectivity index (χ2n) is 7.08. The first kappa shape index (κ1) is 13.8. The van der Waals surface area contributed by atoms with Gasteiger partial charge in [0.15, 0.2) is 0 Å². The minimum atomic E-state index is 0.395. The number of hydrogen-bond acceptors (Lipinski definition) is 4. The molecule has 1 aromatic heterocycles. The molecule has 0 amide bonds. The standard InChI is InChI=1S/C16H26N4/c1-12-18-14(13-5-7-17-10-13)9-15(19-12)20-8-4-6-16(2,3)11-20/h9,13,17H,4-8,10-11H2,1-3H3/t13-/m0/s1. The fourth-order valence-corrected chi connectivity index (χ4v) is 3.47. The van der Waals surface area contributed by atoms with Crippen LogP contribution in [0.5, 0.6) is 0 Å². The van der Waals surface area contributed by atoms with Gasteiger partial charge in [0.05, 0.1) is 5.69 Å². The highest BCUT2D eigenvalue weighted by Gasteiger charge is 2.28. The molecule has 20 heavy (non-hydrogen) atoms. The second kappa shape index (κ2) is 5.32. The van der Waals surface area contributed by atoms with Crippen molar-refractivity contribution in [3.05, 3.63) is 17.6 Å². The number of aryl methyl sites for hydroxylation is 1. The highest BCUT2D eigenvalue weighted by molar-refractivity contribution is 5.41. The first-order valence-electron chi connectivity index (χ1n) is 7.85. The first-order chi connectivity index (χ1) is 9.53. The van der Waals surface area contributed by atoms with Gasteiger partial charge in [-0.25, -0.2) is 9.97 Å². The maximum absolute atomic E-state index is 4.69. The van der Waals surface area contributed by atoms with Crippen LogP contribution in [-0.4, -0.2) is 36.1 Å². The van der Waals surface area contributed by atoms with E-state index < -0.39 is 0 Å². The van der Waals surface area contributed by atoms with Crippen molar-refractivity contribution in [2.45, 2.75) is 46.0 Å². The zero-order valence-electron chi connectivity index (χ0n) is 12.9. The van der Waals surface area contributed by atoms with Gasteiger partial charge in [-0.2, -0.15) is 0 Å². The van der Waals surface area contributed by atoms with Crippen molar-refractivity contribution in [3.63, 3.8) is 0 Å². The summed E-state index contributed by atoms with van der Waals surface area (Å²) in [5.41, 5.74) is 1.62. The van der Waals surface area contributed by atoms with E-state index in [9.17, 15) is 0 Å². The third kappa shape index (κ3) is 2.95. The molecule has 1 N–H and O–H groups in total. The van der Waals surface area contributed by atoms with E-state index in [0.29, 0.717) is 11.3 Å². The molecule has 2 saturated heterocycles. The molecular weight excluding hydrogens is 248 g/mol. The Hall–Kier alpha value is -1.16. The van der Waals surface area contributed by atoms with Gasteiger partial charge in [-0.05, 0) is 38.1 Å². The fraction of sp³-hybridized carbons (Fsp3) is 0.750. The number of nitrogens with zero attached hydrogens (tertiary/aromatic N) is 3. The van der Waals surface area contributed by atoms with Crippen LogP contribution in [0.4, 0.5) is 5.82 Å². The molecule has 0 aliphatic carbocycles. The lowest BCUT2D eigenvalue weighted by Gasteiger charge is -2.39. The van der Waals surface area contributed by atoms with Crippen LogP contribution in [0.2, 0.25) is 0 Å². The summed E-state index contributed by atoms with van der Waals surface area (Å²) < 4.78 is 0. The molecule has 1 aromatic rings. The van der Waals surface area contributed by atoms with Crippen LogP contribution >= 0.6 is 0 Å². The molecule has 0 saturated carbocycles. The molecule has 0 unspecified atom stereocenters. The normalized spacial score (nSPS) is 25.9. The van der Waals surface area contributed by atoms with Crippen molar-refractivity contribution in [3.8, 4) is 0 Å². The lowest BCUT2D eigenvalue weighted by Crippen LogP contribution is -2.40. The molecular formula is C16H26N4. The Morgan fingerprint density at radius 3 is 2.90 bits per heavy atom. The first-order valence-corrected chi connectivity index (χ1v) is 7.85. The van der Waals surface area contributed by atoms with Crippen LogP contribution in [-0.2, 0) is 0 Å². The average Bonchev–Trinajstić information content (AvgIpc) is 2.90. The summed E-state index contributed by atoms with van der Waals surface area (Å²) >= 11 is 0. The Bertz CT molecular complexity index is 477. The molecule has 2 aliphatic rings. The molecule has 4 nitrogen and oxygen atoms in total. The van der Waals surface area contributed by atoms with E-state index >= 15 is 0 Å². The predicted molar refractivity (Wildman–Crippen MR) is 82.2 cm³/mol. The minimum absolute atomic E-state index is 0.395. The number of hydrogen-bond donors (Lipinski definition) is 1. The van der Waals surface area contributed by atoms with Gasteiger partial charge in [0.25, 0.3) is 0 Å². The van der Waals surface area contributed by atoms with Crippen LogP contribution in [0, 0.1) is 12.3 Å². The van der Waals surface area contributed by atoms with Crippen molar-refractivity contribution < 1.29 is 0 Å². The fourth-order valence-electron chi connectivity index (χ4n) is 3.47. The molecule has 2 aliphatic heterocycles. The summed E-state index contributed by atoms with van der Waals surface area (Å²) in [5.74, 6) is 2.60. The number of aromatic nitrogens is 2. The van der Waals surface area contributed by atoms with Crippen LogP contribution in [0.3, 0.4) is 0 Å². The molecule has 110 valence electrons. The zero-order valence-corrected chi connectivity index (χ0v) is 12.9. The number of piperidine rings is 1. The number of nitrogens with one attached hydrogen (secondary N) is 1. The molecule has 4 heteroatoms. The third-order valence-corrected chi connectivity index (χ3v) is 4.55. The highest BCUT2D eigenvalue weighted by Crippen LogP contribution is 2.32.